The molecule has 0 heterocycles. The molecule has 0 aliphatic carbocycles. The second-order valence-electron chi connectivity index (χ2n) is 2.50. The molecule has 0 aromatic rings. The summed E-state index contributed by atoms with van der Waals surface area (Å²) in [5.41, 5.74) is 4.97. The number of alkyl halides is 3. The Morgan fingerprint density at radius 2 is 1.85 bits per heavy atom. The molecule has 0 aliphatic rings. The lowest BCUT2D eigenvalue weighted by Gasteiger charge is -2.20. The van der Waals surface area contributed by atoms with E-state index in [-0.39, 0.29) is 13.1 Å². The Balaban J connectivity index is 4.46. The van der Waals surface area contributed by atoms with Gasteiger partial charge in [0.15, 0.2) is 0 Å². The molecule has 0 spiro atoms. The molecule has 0 aromatic heterocycles. The van der Waals surface area contributed by atoms with Crippen LogP contribution in [0.15, 0.2) is 0 Å². The van der Waals surface area contributed by atoms with Gasteiger partial charge in [0.1, 0.15) is 6.54 Å². The van der Waals surface area contributed by atoms with Crippen LogP contribution in [0.3, 0.4) is 0 Å². The fourth-order valence-corrected chi connectivity index (χ4v) is 1.52. The maximum atomic E-state index is 11.8. The Kier molecular flexibility index (Phi) is 4.14. The summed E-state index contributed by atoms with van der Waals surface area (Å²) in [7, 11) is -3.83. The highest BCUT2D eigenvalue weighted by molar-refractivity contribution is 7.88. The van der Waals surface area contributed by atoms with E-state index in [1.54, 1.807) is 0 Å². The van der Waals surface area contributed by atoms with Gasteiger partial charge in [0.25, 0.3) is 0 Å². The molecule has 0 unspecified atom stereocenters. The smallest absolute Gasteiger partial charge is 0.329 e. The van der Waals surface area contributed by atoms with Crippen LogP contribution in [0.4, 0.5) is 13.2 Å². The molecule has 8 heteroatoms. The average Bonchev–Trinajstić information content (AvgIpc) is 1.81. The number of nitrogens with two attached hydrogens (primary N) is 1. The van der Waals surface area contributed by atoms with Crippen LogP contribution in [0, 0.1) is 0 Å². The zero-order chi connectivity index (χ0) is 10.7. The summed E-state index contributed by atoms with van der Waals surface area (Å²) in [6.45, 7) is -1.94. The van der Waals surface area contributed by atoms with Crippen molar-refractivity contribution < 1.29 is 21.6 Å². The van der Waals surface area contributed by atoms with Crippen molar-refractivity contribution in [3.8, 4) is 0 Å². The van der Waals surface area contributed by atoms with Crippen LogP contribution in [0.1, 0.15) is 0 Å². The topological polar surface area (TPSA) is 63.4 Å². The van der Waals surface area contributed by atoms with Crippen molar-refractivity contribution in [3.63, 3.8) is 0 Å². The molecule has 0 radical (unpaired) electrons. The van der Waals surface area contributed by atoms with Gasteiger partial charge in [-0.3, -0.25) is 0 Å². The second kappa shape index (κ2) is 4.25. The molecule has 0 fully saturated rings. The number of halogens is 3. The van der Waals surface area contributed by atoms with Crippen LogP contribution in [0.25, 0.3) is 0 Å². The Bertz CT molecular complexity index is 249. The van der Waals surface area contributed by atoms with Crippen LogP contribution < -0.4 is 5.73 Å². The van der Waals surface area contributed by atoms with Gasteiger partial charge in [0.05, 0.1) is 6.26 Å². The van der Waals surface area contributed by atoms with Crippen LogP contribution in [-0.4, -0.2) is 44.8 Å². The quantitative estimate of drug-likeness (QED) is 0.711. The lowest BCUT2D eigenvalue weighted by atomic mass is 10.5. The summed E-state index contributed by atoms with van der Waals surface area (Å²) in [6.07, 6.45) is -3.81. The first kappa shape index (κ1) is 12.7. The molecule has 0 rings (SSSR count). The third-order valence-electron chi connectivity index (χ3n) is 1.20. The van der Waals surface area contributed by atoms with Gasteiger partial charge in [0, 0.05) is 13.1 Å². The molecule has 0 amide bonds. The van der Waals surface area contributed by atoms with Gasteiger partial charge < -0.3 is 5.73 Å². The maximum absolute atomic E-state index is 11.8. The first-order valence-corrected chi connectivity index (χ1v) is 5.23. The van der Waals surface area contributed by atoms with Crippen molar-refractivity contribution in [2.75, 3.05) is 25.9 Å². The van der Waals surface area contributed by atoms with E-state index in [9.17, 15) is 21.6 Å². The normalized spacial score (nSPS) is 13.7. The van der Waals surface area contributed by atoms with Crippen molar-refractivity contribution >= 4 is 10.0 Å². The van der Waals surface area contributed by atoms with Gasteiger partial charge in [-0.1, -0.05) is 0 Å². The molecule has 0 saturated heterocycles. The standard InChI is InChI=1S/C5H11F3N2O2S/c1-13(11,12)10(3-2-9)4-5(6,7)8/h2-4,9H2,1H3. The summed E-state index contributed by atoms with van der Waals surface area (Å²) < 4.78 is 57.3. The first-order chi connectivity index (χ1) is 5.67. The molecule has 0 bridgehead atoms. The third kappa shape index (κ3) is 5.83. The predicted octanol–water partition coefficient (Wildman–Crippen LogP) is -0.231. The molecule has 0 saturated carbocycles. The molecule has 0 aliphatic heterocycles. The zero-order valence-corrected chi connectivity index (χ0v) is 7.82. The van der Waals surface area contributed by atoms with Crippen LogP contribution in [0.5, 0.6) is 0 Å². The van der Waals surface area contributed by atoms with E-state index in [0.717, 1.165) is 0 Å². The number of nitrogens with zero attached hydrogens (tertiary/aromatic N) is 1. The summed E-state index contributed by atoms with van der Waals surface area (Å²) in [5, 5.41) is 0. The van der Waals surface area contributed by atoms with E-state index >= 15 is 0 Å². The van der Waals surface area contributed by atoms with Crippen molar-refractivity contribution in [2.45, 2.75) is 6.18 Å². The lowest BCUT2D eigenvalue weighted by molar-refractivity contribution is -0.135. The van der Waals surface area contributed by atoms with Crippen molar-refractivity contribution in [2.24, 2.45) is 5.73 Å². The summed E-state index contributed by atoms with van der Waals surface area (Å²) in [5.74, 6) is 0. The zero-order valence-electron chi connectivity index (χ0n) is 7.00. The van der Waals surface area contributed by atoms with E-state index in [0.29, 0.717) is 10.6 Å². The molecule has 80 valence electrons. The third-order valence-corrected chi connectivity index (χ3v) is 2.45. The Morgan fingerprint density at radius 1 is 1.38 bits per heavy atom. The Labute approximate surface area is 74.6 Å². The van der Waals surface area contributed by atoms with Crippen LogP contribution >= 0.6 is 0 Å². The van der Waals surface area contributed by atoms with E-state index in [1.165, 1.54) is 0 Å². The summed E-state index contributed by atoms with van der Waals surface area (Å²) in [4.78, 5) is 0. The Morgan fingerprint density at radius 3 is 2.08 bits per heavy atom. The largest absolute Gasteiger partial charge is 0.402 e. The molecule has 4 nitrogen and oxygen atoms in total. The fraction of sp³-hybridized carbons (Fsp3) is 1.00. The minimum Gasteiger partial charge on any atom is -0.329 e. The molecular formula is C5H11F3N2O2S. The van der Waals surface area contributed by atoms with Crippen LogP contribution in [-0.2, 0) is 10.0 Å². The van der Waals surface area contributed by atoms with Gasteiger partial charge >= 0.3 is 6.18 Å². The van der Waals surface area contributed by atoms with Crippen molar-refractivity contribution in [1.82, 2.24) is 4.31 Å². The second-order valence-corrected chi connectivity index (χ2v) is 4.48. The summed E-state index contributed by atoms with van der Waals surface area (Å²) in [6, 6.07) is 0. The van der Waals surface area contributed by atoms with E-state index in [4.69, 9.17) is 5.73 Å². The first-order valence-electron chi connectivity index (χ1n) is 3.39. The number of hydrogen-bond acceptors (Lipinski definition) is 3. The SMILES string of the molecule is CS(=O)(=O)N(CCN)CC(F)(F)F. The van der Waals surface area contributed by atoms with Gasteiger partial charge in [0.2, 0.25) is 10.0 Å². The number of hydrogen-bond donors (Lipinski definition) is 1. The monoisotopic (exact) mass is 220 g/mol. The molecular weight excluding hydrogens is 209 g/mol. The Hall–Kier alpha value is -0.340. The average molecular weight is 220 g/mol. The number of sulfonamides is 1. The van der Waals surface area contributed by atoms with E-state index < -0.39 is 22.7 Å². The van der Waals surface area contributed by atoms with Gasteiger partial charge in [-0.25, -0.2) is 8.42 Å². The molecule has 2 N–H and O–H groups in total. The highest BCUT2D eigenvalue weighted by Crippen LogP contribution is 2.17. The van der Waals surface area contributed by atoms with Crippen molar-refractivity contribution in [1.29, 1.82) is 0 Å². The fourth-order valence-electron chi connectivity index (χ4n) is 0.706. The van der Waals surface area contributed by atoms with Crippen LogP contribution in [0.2, 0.25) is 0 Å². The summed E-state index contributed by atoms with van der Waals surface area (Å²) >= 11 is 0. The van der Waals surface area contributed by atoms with E-state index in [1.807, 2.05) is 0 Å². The van der Waals surface area contributed by atoms with Crippen molar-refractivity contribution in [3.05, 3.63) is 0 Å². The van der Waals surface area contributed by atoms with Gasteiger partial charge in [-0.2, -0.15) is 17.5 Å². The maximum Gasteiger partial charge on any atom is 0.402 e. The minimum absolute atomic E-state index is 0.136. The van der Waals surface area contributed by atoms with Gasteiger partial charge in [-0.05, 0) is 0 Å². The molecule has 0 atom stereocenters. The minimum atomic E-state index is -4.53. The highest BCUT2D eigenvalue weighted by Gasteiger charge is 2.34. The molecule has 0 aromatic carbocycles. The number of rotatable bonds is 4. The predicted molar refractivity (Wildman–Crippen MR) is 41.5 cm³/mol. The molecule has 13 heavy (non-hydrogen) atoms. The van der Waals surface area contributed by atoms with E-state index in [2.05, 4.69) is 0 Å². The lowest BCUT2D eigenvalue weighted by Crippen LogP contribution is -2.41. The highest BCUT2D eigenvalue weighted by atomic mass is 32.2. The van der Waals surface area contributed by atoms with Gasteiger partial charge in [-0.15, -0.1) is 0 Å².